The molecule has 5 heteroatoms. The van der Waals surface area contributed by atoms with Crippen LogP contribution in [0.1, 0.15) is 22.3 Å². The van der Waals surface area contributed by atoms with E-state index in [0.717, 1.165) is 84.4 Å². The number of furan rings is 1. The summed E-state index contributed by atoms with van der Waals surface area (Å²) in [6.45, 7) is 0. The second-order valence-corrected chi connectivity index (χ2v) is 18.8. The van der Waals surface area contributed by atoms with Crippen LogP contribution in [0.15, 0.2) is 265 Å². The minimum atomic E-state index is -0.624. The van der Waals surface area contributed by atoms with Gasteiger partial charge in [0.1, 0.15) is 22.7 Å². The number of rotatable bonds is 7. The van der Waals surface area contributed by atoms with Crippen LogP contribution >= 0.6 is 0 Å². The van der Waals surface area contributed by atoms with Gasteiger partial charge in [0, 0.05) is 72.5 Å². The van der Waals surface area contributed by atoms with E-state index in [1.807, 2.05) is 12.1 Å². The number of nitrogens with zero attached hydrogens (tertiary/aromatic N) is 3. The Hall–Kier alpha value is -9.58. The van der Waals surface area contributed by atoms with Gasteiger partial charge in [-0.2, -0.15) is 0 Å². The molecule has 2 aromatic heterocycles. The van der Waals surface area contributed by atoms with Crippen LogP contribution in [0, 0.1) is 0 Å². The van der Waals surface area contributed by atoms with E-state index in [2.05, 4.69) is 263 Å². The summed E-state index contributed by atoms with van der Waals surface area (Å²) in [5.74, 6) is 1.71. The van der Waals surface area contributed by atoms with Crippen molar-refractivity contribution in [1.82, 2.24) is 4.57 Å². The SMILES string of the molecule is c1ccc(N(c2ccc(-n3c4ccccc4c4ccccc43)cc2)c2cccc(N(c3ccc4c(c3)C3(c5ccccc5O4)c4ccccc4-c4ccccc43)c3ccc4oc5ccccc5c4c3)c2)cc1. The fourth-order valence-corrected chi connectivity index (χ4v) is 12.0. The molecule has 0 saturated heterocycles. The van der Waals surface area contributed by atoms with Crippen LogP contribution in [-0.2, 0) is 5.41 Å². The maximum atomic E-state index is 6.92. The third-order valence-electron chi connectivity index (χ3n) is 15.0. The molecule has 13 aromatic rings. The first-order valence-electron chi connectivity index (χ1n) is 24.6. The van der Waals surface area contributed by atoms with E-state index in [-0.39, 0.29) is 0 Å². The van der Waals surface area contributed by atoms with Crippen LogP contribution in [-0.4, -0.2) is 4.57 Å². The standard InChI is InChI=1S/C67H43N3O2/c1-2-17-44(18-3-1)68(45-33-35-46(36-34-45)70-61-29-12-6-23-53(61)54-24-7-13-30-62(54)70)47-19-16-20-48(41-47)69(49-37-39-64-56(42-49)55-25-8-14-31-63(55)71-64)50-38-40-66-60(43-50)67(59-28-11-15-32-65(59)72-66)57-26-9-4-21-51(57)52-22-5-10-27-58(52)67/h1-43H. The van der Waals surface area contributed by atoms with Crippen LogP contribution in [0.2, 0.25) is 0 Å². The molecule has 0 radical (unpaired) electrons. The number of ether oxygens (including phenoxy) is 1. The highest BCUT2D eigenvalue weighted by molar-refractivity contribution is 6.09. The molecule has 1 aliphatic heterocycles. The highest BCUT2D eigenvalue weighted by Gasteiger charge is 2.51. The van der Waals surface area contributed by atoms with E-state index in [1.54, 1.807) is 0 Å². The summed E-state index contributed by atoms with van der Waals surface area (Å²) in [4.78, 5) is 4.74. The van der Waals surface area contributed by atoms with Gasteiger partial charge in [0.2, 0.25) is 0 Å². The molecule has 5 nitrogen and oxygen atoms in total. The molecule has 338 valence electrons. The molecule has 72 heavy (non-hydrogen) atoms. The number of para-hydroxylation sites is 5. The zero-order valence-corrected chi connectivity index (χ0v) is 39.0. The first kappa shape index (κ1) is 40.3. The highest BCUT2D eigenvalue weighted by Crippen LogP contribution is 2.62. The van der Waals surface area contributed by atoms with Crippen molar-refractivity contribution >= 4 is 77.9 Å². The lowest BCUT2D eigenvalue weighted by Crippen LogP contribution is -2.32. The largest absolute Gasteiger partial charge is 0.457 e. The fourth-order valence-electron chi connectivity index (χ4n) is 12.0. The summed E-state index contributed by atoms with van der Waals surface area (Å²) in [5, 5.41) is 4.63. The van der Waals surface area contributed by atoms with Crippen molar-refractivity contribution in [2.24, 2.45) is 0 Å². The van der Waals surface area contributed by atoms with Crippen LogP contribution in [0.3, 0.4) is 0 Å². The van der Waals surface area contributed by atoms with Crippen molar-refractivity contribution in [3.05, 3.63) is 283 Å². The molecular weight excluding hydrogens is 879 g/mol. The molecule has 0 N–H and O–H groups in total. The summed E-state index contributed by atoms with van der Waals surface area (Å²) in [7, 11) is 0. The molecule has 15 rings (SSSR count). The van der Waals surface area contributed by atoms with Crippen LogP contribution in [0.25, 0.3) is 60.6 Å². The predicted molar refractivity (Wildman–Crippen MR) is 295 cm³/mol. The minimum Gasteiger partial charge on any atom is -0.457 e. The van der Waals surface area contributed by atoms with E-state index in [9.17, 15) is 0 Å². The normalized spacial score (nSPS) is 12.9. The summed E-state index contributed by atoms with van der Waals surface area (Å²) >= 11 is 0. The Bertz CT molecular complexity index is 4180. The molecule has 0 fully saturated rings. The van der Waals surface area contributed by atoms with Crippen LogP contribution in [0.4, 0.5) is 34.1 Å². The number of benzene rings is 11. The Morgan fingerprint density at radius 2 is 0.792 bits per heavy atom. The summed E-state index contributed by atoms with van der Waals surface area (Å²) in [5.41, 5.74) is 17.9. The first-order chi connectivity index (χ1) is 35.7. The number of hydrogen-bond donors (Lipinski definition) is 0. The third-order valence-corrected chi connectivity index (χ3v) is 15.0. The Labute approximate surface area is 416 Å². The van der Waals surface area contributed by atoms with Crippen molar-refractivity contribution in [1.29, 1.82) is 0 Å². The van der Waals surface area contributed by atoms with Gasteiger partial charge >= 0.3 is 0 Å². The van der Waals surface area contributed by atoms with Gasteiger partial charge in [0.15, 0.2) is 0 Å². The number of anilines is 6. The second-order valence-electron chi connectivity index (χ2n) is 18.8. The molecule has 2 aliphatic rings. The molecule has 11 aromatic carbocycles. The summed E-state index contributed by atoms with van der Waals surface area (Å²) in [6.07, 6.45) is 0. The summed E-state index contributed by atoms with van der Waals surface area (Å²) < 4.78 is 15.7. The monoisotopic (exact) mass is 921 g/mol. The second kappa shape index (κ2) is 15.7. The lowest BCUT2D eigenvalue weighted by atomic mass is 9.66. The van der Waals surface area contributed by atoms with Gasteiger partial charge in [-0.1, -0.05) is 146 Å². The van der Waals surface area contributed by atoms with Crippen molar-refractivity contribution in [2.45, 2.75) is 5.41 Å². The summed E-state index contributed by atoms with van der Waals surface area (Å²) in [6, 6.07) is 93.9. The Balaban J connectivity index is 0.927. The quantitative estimate of drug-likeness (QED) is 0.159. The van der Waals surface area contributed by atoms with Crippen LogP contribution in [0.5, 0.6) is 11.5 Å². The number of aromatic nitrogens is 1. The molecule has 0 amide bonds. The lowest BCUT2D eigenvalue weighted by Gasteiger charge is -2.40. The van der Waals surface area contributed by atoms with Crippen molar-refractivity contribution in [3.8, 4) is 28.3 Å². The van der Waals surface area contributed by atoms with E-state index in [4.69, 9.17) is 9.15 Å². The van der Waals surface area contributed by atoms with E-state index < -0.39 is 5.41 Å². The third kappa shape index (κ3) is 5.88. The number of fused-ring (bicyclic) bond motifs is 15. The highest BCUT2D eigenvalue weighted by atomic mass is 16.5. The fraction of sp³-hybridized carbons (Fsp3) is 0.0149. The average Bonchev–Trinajstić information content (AvgIpc) is 4.09. The molecule has 1 aliphatic carbocycles. The van der Waals surface area contributed by atoms with Crippen molar-refractivity contribution < 1.29 is 9.15 Å². The zero-order chi connectivity index (χ0) is 47.3. The van der Waals surface area contributed by atoms with Crippen molar-refractivity contribution in [3.63, 3.8) is 0 Å². The van der Waals surface area contributed by atoms with Gasteiger partial charge in [0.05, 0.1) is 16.4 Å². The molecular formula is C67H43N3O2. The van der Waals surface area contributed by atoms with Crippen LogP contribution < -0.4 is 14.5 Å². The molecule has 0 unspecified atom stereocenters. The zero-order valence-electron chi connectivity index (χ0n) is 39.0. The van der Waals surface area contributed by atoms with E-state index in [1.165, 1.54) is 44.1 Å². The molecule has 1 spiro atoms. The predicted octanol–water partition coefficient (Wildman–Crippen LogP) is 18.1. The molecule has 0 saturated carbocycles. The maximum Gasteiger partial charge on any atom is 0.135 e. The van der Waals surface area contributed by atoms with Gasteiger partial charge in [-0.15, -0.1) is 0 Å². The van der Waals surface area contributed by atoms with Gasteiger partial charge in [-0.3, -0.25) is 0 Å². The van der Waals surface area contributed by atoms with Gasteiger partial charge < -0.3 is 23.5 Å². The number of hydrogen-bond acceptors (Lipinski definition) is 4. The van der Waals surface area contributed by atoms with Gasteiger partial charge in [-0.05, 0) is 138 Å². The minimum absolute atomic E-state index is 0.624. The van der Waals surface area contributed by atoms with E-state index >= 15 is 0 Å². The Morgan fingerprint density at radius 1 is 0.306 bits per heavy atom. The van der Waals surface area contributed by atoms with E-state index in [0.29, 0.717) is 0 Å². The first-order valence-corrected chi connectivity index (χ1v) is 24.6. The van der Waals surface area contributed by atoms with Gasteiger partial charge in [0.25, 0.3) is 0 Å². The smallest absolute Gasteiger partial charge is 0.135 e. The average molecular weight is 922 g/mol. The molecule has 0 bridgehead atoms. The van der Waals surface area contributed by atoms with Gasteiger partial charge in [-0.25, -0.2) is 0 Å². The maximum absolute atomic E-state index is 6.92. The molecule has 0 atom stereocenters. The molecule has 3 heterocycles. The topological polar surface area (TPSA) is 33.8 Å². The lowest BCUT2D eigenvalue weighted by molar-refractivity contribution is 0.436. The van der Waals surface area contributed by atoms with Crippen molar-refractivity contribution in [2.75, 3.05) is 9.80 Å². The Morgan fingerprint density at radius 3 is 1.51 bits per heavy atom. The Kier molecular flexibility index (Phi) is 8.80.